The highest BCUT2D eigenvalue weighted by molar-refractivity contribution is 5.47. The van der Waals surface area contributed by atoms with Gasteiger partial charge in [0.15, 0.2) is 0 Å². The largest absolute Gasteiger partial charge is 0.382 e. The molecule has 1 aromatic rings. The molecular weight excluding hydrogens is 213 g/mol. The van der Waals surface area contributed by atoms with Crippen molar-refractivity contribution < 1.29 is 4.39 Å². The molecule has 1 saturated carbocycles. The number of rotatable bonds is 3. The molecule has 0 unspecified atom stereocenters. The normalized spacial score (nSPS) is 24.6. The zero-order valence-corrected chi connectivity index (χ0v) is 10.8. The molecule has 0 amide bonds. The molecule has 0 heterocycles. The van der Waals surface area contributed by atoms with Crippen LogP contribution < -0.4 is 5.32 Å². The van der Waals surface area contributed by atoms with E-state index in [1.165, 1.54) is 25.7 Å². The Labute approximate surface area is 103 Å². The van der Waals surface area contributed by atoms with Crippen molar-refractivity contribution in [3.63, 3.8) is 0 Å². The van der Waals surface area contributed by atoms with Crippen molar-refractivity contribution in [1.82, 2.24) is 0 Å². The van der Waals surface area contributed by atoms with Gasteiger partial charge < -0.3 is 5.32 Å². The molecule has 94 valence electrons. The summed E-state index contributed by atoms with van der Waals surface area (Å²) in [6.45, 7) is 5.23. The molecule has 1 N–H and O–H groups in total. The maximum Gasteiger partial charge on any atom is 0.146 e. The lowest BCUT2D eigenvalue weighted by atomic mass is 9.83. The van der Waals surface area contributed by atoms with E-state index >= 15 is 0 Å². The first-order chi connectivity index (χ1) is 8.15. The van der Waals surface area contributed by atoms with E-state index in [2.05, 4.69) is 12.2 Å². The first kappa shape index (κ1) is 12.4. The van der Waals surface area contributed by atoms with Crippen LogP contribution in [-0.4, -0.2) is 6.54 Å². The number of hydrogen-bond acceptors (Lipinski definition) is 1. The molecule has 0 bridgehead atoms. The van der Waals surface area contributed by atoms with Gasteiger partial charge in [0, 0.05) is 6.54 Å². The Balaban J connectivity index is 1.87. The van der Waals surface area contributed by atoms with Gasteiger partial charge in [-0.05, 0) is 49.3 Å². The van der Waals surface area contributed by atoms with Crippen molar-refractivity contribution in [2.24, 2.45) is 11.8 Å². The summed E-state index contributed by atoms with van der Waals surface area (Å²) >= 11 is 0. The first-order valence-electron chi connectivity index (χ1n) is 6.65. The minimum absolute atomic E-state index is 0.139. The molecule has 2 heteroatoms. The van der Waals surface area contributed by atoms with Crippen LogP contribution in [-0.2, 0) is 0 Å². The number of nitrogens with one attached hydrogen (secondary N) is 1. The van der Waals surface area contributed by atoms with Crippen LogP contribution in [0.4, 0.5) is 10.1 Å². The van der Waals surface area contributed by atoms with Crippen molar-refractivity contribution in [3.05, 3.63) is 29.6 Å². The average Bonchev–Trinajstić information content (AvgIpc) is 2.32. The SMILES string of the molecule is Cc1ccc(F)c(NCC2CCC(C)CC2)c1. The topological polar surface area (TPSA) is 12.0 Å². The zero-order valence-electron chi connectivity index (χ0n) is 10.8. The quantitative estimate of drug-likeness (QED) is 0.820. The Kier molecular flexibility index (Phi) is 4.03. The highest BCUT2D eigenvalue weighted by Gasteiger charge is 2.18. The Bertz CT molecular complexity index is 367. The van der Waals surface area contributed by atoms with Gasteiger partial charge in [0.05, 0.1) is 5.69 Å². The van der Waals surface area contributed by atoms with E-state index in [4.69, 9.17) is 0 Å². The molecule has 0 saturated heterocycles. The second kappa shape index (κ2) is 5.52. The average molecular weight is 235 g/mol. The van der Waals surface area contributed by atoms with Crippen molar-refractivity contribution in [2.75, 3.05) is 11.9 Å². The molecule has 17 heavy (non-hydrogen) atoms. The van der Waals surface area contributed by atoms with Gasteiger partial charge in [-0.2, -0.15) is 0 Å². The summed E-state index contributed by atoms with van der Waals surface area (Å²) in [5.74, 6) is 1.45. The molecule has 0 aliphatic heterocycles. The number of benzene rings is 1. The van der Waals surface area contributed by atoms with Crippen LogP contribution in [0, 0.1) is 24.6 Å². The fraction of sp³-hybridized carbons (Fsp3) is 0.600. The standard InChI is InChI=1S/C15H22FN/c1-11-3-6-13(7-4-11)10-17-15-9-12(2)5-8-14(15)16/h5,8-9,11,13,17H,3-4,6-7,10H2,1-2H3. The molecule has 1 aliphatic carbocycles. The van der Waals surface area contributed by atoms with Crippen LogP contribution in [0.3, 0.4) is 0 Å². The molecule has 0 aromatic heterocycles. The molecule has 1 aromatic carbocycles. The minimum Gasteiger partial charge on any atom is -0.382 e. The second-order valence-corrected chi connectivity index (χ2v) is 5.49. The second-order valence-electron chi connectivity index (χ2n) is 5.49. The maximum absolute atomic E-state index is 13.5. The molecule has 0 spiro atoms. The molecule has 0 atom stereocenters. The van der Waals surface area contributed by atoms with E-state index in [9.17, 15) is 4.39 Å². The van der Waals surface area contributed by atoms with Gasteiger partial charge in [-0.3, -0.25) is 0 Å². The third-order valence-corrected chi connectivity index (χ3v) is 3.84. The number of anilines is 1. The smallest absolute Gasteiger partial charge is 0.146 e. The summed E-state index contributed by atoms with van der Waals surface area (Å²) in [6.07, 6.45) is 5.20. The monoisotopic (exact) mass is 235 g/mol. The van der Waals surface area contributed by atoms with Crippen LogP contribution in [0.25, 0.3) is 0 Å². The molecule has 2 rings (SSSR count). The van der Waals surface area contributed by atoms with E-state index in [1.807, 2.05) is 19.1 Å². The van der Waals surface area contributed by atoms with E-state index < -0.39 is 0 Å². The predicted molar refractivity (Wildman–Crippen MR) is 70.7 cm³/mol. The molecule has 1 fully saturated rings. The molecule has 0 radical (unpaired) electrons. The zero-order chi connectivity index (χ0) is 12.3. The Hall–Kier alpha value is -1.05. The fourth-order valence-corrected chi connectivity index (χ4v) is 2.56. The van der Waals surface area contributed by atoms with Crippen LogP contribution >= 0.6 is 0 Å². The highest BCUT2D eigenvalue weighted by Crippen LogP contribution is 2.28. The summed E-state index contributed by atoms with van der Waals surface area (Å²) in [5, 5.41) is 3.26. The Morgan fingerprint density at radius 2 is 1.94 bits per heavy atom. The van der Waals surface area contributed by atoms with Crippen LogP contribution in [0.15, 0.2) is 18.2 Å². The van der Waals surface area contributed by atoms with Crippen LogP contribution in [0.1, 0.15) is 38.2 Å². The predicted octanol–water partition coefficient (Wildman–Crippen LogP) is 4.37. The molecular formula is C15H22FN. The summed E-state index contributed by atoms with van der Waals surface area (Å²) in [5.41, 5.74) is 1.76. The Morgan fingerprint density at radius 3 is 2.65 bits per heavy atom. The van der Waals surface area contributed by atoms with Crippen LogP contribution in [0.2, 0.25) is 0 Å². The third kappa shape index (κ3) is 3.45. The molecule has 1 aliphatic rings. The van der Waals surface area contributed by atoms with Gasteiger partial charge in [-0.1, -0.05) is 25.8 Å². The lowest BCUT2D eigenvalue weighted by molar-refractivity contribution is 0.300. The summed E-state index contributed by atoms with van der Waals surface area (Å²) in [7, 11) is 0. The molecule has 1 nitrogen and oxygen atoms in total. The summed E-state index contributed by atoms with van der Waals surface area (Å²) in [6, 6.07) is 5.24. The van der Waals surface area contributed by atoms with Crippen LogP contribution in [0.5, 0.6) is 0 Å². The first-order valence-corrected chi connectivity index (χ1v) is 6.65. The Morgan fingerprint density at radius 1 is 1.24 bits per heavy atom. The number of halogens is 1. The summed E-state index contributed by atoms with van der Waals surface area (Å²) < 4.78 is 13.5. The van der Waals surface area contributed by atoms with E-state index in [1.54, 1.807) is 6.07 Å². The van der Waals surface area contributed by atoms with E-state index in [0.717, 1.165) is 18.0 Å². The number of aryl methyl sites for hydroxylation is 1. The van der Waals surface area contributed by atoms with E-state index in [-0.39, 0.29) is 5.82 Å². The van der Waals surface area contributed by atoms with Gasteiger partial charge >= 0.3 is 0 Å². The maximum atomic E-state index is 13.5. The fourth-order valence-electron chi connectivity index (χ4n) is 2.56. The lowest BCUT2D eigenvalue weighted by Gasteiger charge is -2.26. The van der Waals surface area contributed by atoms with Gasteiger partial charge in [0.2, 0.25) is 0 Å². The van der Waals surface area contributed by atoms with Crippen molar-refractivity contribution in [1.29, 1.82) is 0 Å². The van der Waals surface area contributed by atoms with Gasteiger partial charge in [0.1, 0.15) is 5.82 Å². The van der Waals surface area contributed by atoms with Gasteiger partial charge in [0.25, 0.3) is 0 Å². The van der Waals surface area contributed by atoms with Gasteiger partial charge in [-0.15, -0.1) is 0 Å². The summed E-state index contributed by atoms with van der Waals surface area (Å²) in [4.78, 5) is 0. The van der Waals surface area contributed by atoms with Crippen molar-refractivity contribution in [2.45, 2.75) is 39.5 Å². The van der Waals surface area contributed by atoms with E-state index in [0.29, 0.717) is 11.6 Å². The minimum atomic E-state index is -0.139. The van der Waals surface area contributed by atoms with Gasteiger partial charge in [-0.25, -0.2) is 4.39 Å². The third-order valence-electron chi connectivity index (χ3n) is 3.84. The highest BCUT2D eigenvalue weighted by atomic mass is 19.1. The van der Waals surface area contributed by atoms with Crippen molar-refractivity contribution in [3.8, 4) is 0 Å². The number of hydrogen-bond donors (Lipinski definition) is 1. The lowest BCUT2D eigenvalue weighted by Crippen LogP contribution is -2.20. The van der Waals surface area contributed by atoms with Crippen molar-refractivity contribution >= 4 is 5.69 Å².